The van der Waals surface area contributed by atoms with Gasteiger partial charge in [0, 0.05) is 6.42 Å². The van der Waals surface area contributed by atoms with Gasteiger partial charge < -0.3 is 9.84 Å². The lowest BCUT2D eigenvalue weighted by Gasteiger charge is -2.03. The van der Waals surface area contributed by atoms with Crippen LogP contribution in [0, 0.1) is 11.3 Å². The second kappa shape index (κ2) is 4.48. The van der Waals surface area contributed by atoms with Crippen LogP contribution in [0.5, 0.6) is 5.75 Å². The van der Waals surface area contributed by atoms with Crippen molar-refractivity contribution in [3.63, 3.8) is 0 Å². The molecule has 0 spiro atoms. The first-order valence-electron chi connectivity index (χ1n) is 3.97. The van der Waals surface area contributed by atoms with Gasteiger partial charge in [-0.3, -0.25) is 0 Å². The van der Waals surface area contributed by atoms with Crippen molar-refractivity contribution in [2.45, 2.75) is 12.5 Å². The molecule has 1 aromatic rings. The summed E-state index contributed by atoms with van der Waals surface area (Å²) in [4.78, 5) is 0. The van der Waals surface area contributed by atoms with Crippen molar-refractivity contribution in [2.24, 2.45) is 0 Å². The Kier molecular flexibility index (Phi) is 3.30. The molecule has 1 rings (SSSR count). The van der Waals surface area contributed by atoms with Gasteiger partial charge in [-0.05, 0) is 17.7 Å². The number of ether oxygens (including phenoxy) is 1. The summed E-state index contributed by atoms with van der Waals surface area (Å²) in [6.07, 6.45) is -0.561. The monoisotopic (exact) mass is 177 g/mol. The van der Waals surface area contributed by atoms with Crippen LogP contribution in [-0.4, -0.2) is 18.3 Å². The first-order chi connectivity index (χ1) is 6.26. The number of methoxy groups -OCH3 is 1. The molecule has 0 aromatic heterocycles. The van der Waals surface area contributed by atoms with Crippen LogP contribution in [0.15, 0.2) is 24.3 Å². The molecule has 0 heterocycles. The molecular formula is C10H11NO2. The van der Waals surface area contributed by atoms with E-state index < -0.39 is 6.10 Å². The third-order valence-electron chi connectivity index (χ3n) is 1.74. The zero-order valence-electron chi connectivity index (χ0n) is 7.40. The first-order valence-corrected chi connectivity index (χ1v) is 3.97. The van der Waals surface area contributed by atoms with Crippen molar-refractivity contribution < 1.29 is 9.84 Å². The highest BCUT2D eigenvalue weighted by atomic mass is 16.5. The van der Waals surface area contributed by atoms with E-state index in [-0.39, 0.29) is 0 Å². The number of nitriles is 1. The Balaban J connectivity index is 2.65. The Morgan fingerprint density at radius 3 is 2.54 bits per heavy atom. The quantitative estimate of drug-likeness (QED) is 0.704. The van der Waals surface area contributed by atoms with Crippen molar-refractivity contribution >= 4 is 0 Å². The lowest BCUT2D eigenvalue weighted by molar-refractivity contribution is 0.231. The van der Waals surface area contributed by atoms with E-state index in [0.717, 1.165) is 11.3 Å². The minimum absolute atomic E-state index is 0.362. The maximum absolute atomic E-state index is 9.05. The van der Waals surface area contributed by atoms with E-state index in [2.05, 4.69) is 0 Å². The summed E-state index contributed by atoms with van der Waals surface area (Å²) in [7, 11) is 1.60. The summed E-state index contributed by atoms with van der Waals surface area (Å²) in [5.74, 6) is 0.773. The molecule has 13 heavy (non-hydrogen) atoms. The number of benzene rings is 1. The van der Waals surface area contributed by atoms with Crippen molar-refractivity contribution in [3.8, 4) is 11.8 Å². The summed E-state index contributed by atoms with van der Waals surface area (Å²) >= 11 is 0. The average Bonchev–Trinajstić information content (AvgIpc) is 2.19. The van der Waals surface area contributed by atoms with Gasteiger partial charge in [0.15, 0.2) is 0 Å². The number of hydrogen-bond donors (Lipinski definition) is 1. The molecular weight excluding hydrogens is 166 g/mol. The molecule has 1 unspecified atom stereocenters. The summed E-state index contributed by atoms with van der Waals surface area (Å²) in [5, 5.41) is 17.4. The summed E-state index contributed by atoms with van der Waals surface area (Å²) in [6, 6.07) is 9.04. The zero-order chi connectivity index (χ0) is 9.68. The van der Waals surface area contributed by atoms with Crippen LogP contribution in [0.25, 0.3) is 0 Å². The van der Waals surface area contributed by atoms with Crippen molar-refractivity contribution in [3.05, 3.63) is 29.8 Å². The van der Waals surface area contributed by atoms with Gasteiger partial charge in [0.1, 0.15) is 11.9 Å². The molecule has 3 nitrogen and oxygen atoms in total. The van der Waals surface area contributed by atoms with E-state index in [1.54, 1.807) is 25.3 Å². The lowest BCUT2D eigenvalue weighted by atomic mass is 10.1. The molecule has 0 bridgehead atoms. The standard InChI is InChI=1S/C10H11NO2/c1-13-10-4-2-8(3-5-10)6-9(12)7-11/h2-5,9,12H,6H2,1H3. The minimum Gasteiger partial charge on any atom is -0.497 e. The highest BCUT2D eigenvalue weighted by Gasteiger charge is 2.02. The fourth-order valence-electron chi connectivity index (χ4n) is 1.03. The molecule has 0 amide bonds. The molecule has 0 aliphatic carbocycles. The number of nitrogens with zero attached hydrogens (tertiary/aromatic N) is 1. The number of hydrogen-bond acceptors (Lipinski definition) is 3. The molecule has 68 valence electrons. The number of aliphatic hydroxyl groups is 1. The molecule has 0 aliphatic heterocycles. The number of rotatable bonds is 3. The van der Waals surface area contributed by atoms with Gasteiger partial charge in [-0.15, -0.1) is 0 Å². The molecule has 0 fully saturated rings. The Hall–Kier alpha value is -1.53. The molecule has 1 aromatic carbocycles. The van der Waals surface area contributed by atoms with Crippen LogP contribution in [-0.2, 0) is 6.42 Å². The van der Waals surface area contributed by atoms with Crippen LogP contribution in [0.4, 0.5) is 0 Å². The van der Waals surface area contributed by atoms with E-state index in [0.29, 0.717) is 6.42 Å². The van der Waals surface area contributed by atoms with E-state index in [4.69, 9.17) is 15.1 Å². The van der Waals surface area contributed by atoms with Crippen LogP contribution in [0.2, 0.25) is 0 Å². The minimum atomic E-state index is -0.923. The third kappa shape index (κ3) is 2.77. The normalized spacial score (nSPS) is 11.8. The van der Waals surface area contributed by atoms with E-state index in [1.807, 2.05) is 12.1 Å². The predicted octanol–water partition coefficient (Wildman–Crippen LogP) is 1.12. The fraction of sp³-hybridized carbons (Fsp3) is 0.300. The highest BCUT2D eigenvalue weighted by Crippen LogP contribution is 2.12. The van der Waals surface area contributed by atoms with Crippen LogP contribution < -0.4 is 4.74 Å². The van der Waals surface area contributed by atoms with Crippen molar-refractivity contribution in [1.29, 1.82) is 5.26 Å². The van der Waals surface area contributed by atoms with E-state index in [9.17, 15) is 0 Å². The average molecular weight is 177 g/mol. The van der Waals surface area contributed by atoms with Crippen LogP contribution in [0.3, 0.4) is 0 Å². The highest BCUT2D eigenvalue weighted by molar-refractivity contribution is 5.27. The maximum atomic E-state index is 9.05. The smallest absolute Gasteiger partial charge is 0.144 e. The second-order valence-electron chi connectivity index (χ2n) is 2.70. The van der Waals surface area contributed by atoms with Gasteiger partial charge in [-0.2, -0.15) is 5.26 Å². The van der Waals surface area contributed by atoms with Gasteiger partial charge in [0.05, 0.1) is 13.2 Å². The summed E-state index contributed by atoms with van der Waals surface area (Å²) < 4.78 is 4.97. The van der Waals surface area contributed by atoms with Gasteiger partial charge in [0.2, 0.25) is 0 Å². The van der Waals surface area contributed by atoms with Gasteiger partial charge in [-0.25, -0.2) is 0 Å². The van der Waals surface area contributed by atoms with Crippen LogP contribution in [0.1, 0.15) is 5.56 Å². The molecule has 0 aliphatic rings. The molecule has 1 atom stereocenters. The Labute approximate surface area is 77.2 Å². The Bertz CT molecular complexity index is 300. The maximum Gasteiger partial charge on any atom is 0.144 e. The molecule has 0 saturated heterocycles. The predicted molar refractivity (Wildman–Crippen MR) is 48.3 cm³/mol. The van der Waals surface area contributed by atoms with Crippen molar-refractivity contribution in [2.75, 3.05) is 7.11 Å². The zero-order valence-corrected chi connectivity index (χ0v) is 7.40. The van der Waals surface area contributed by atoms with Gasteiger partial charge in [-0.1, -0.05) is 12.1 Å². The SMILES string of the molecule is COc1ccc(CC(O)C#N)cc1. The first kappa shape index (κ1) is 9.56. The number of aliphatic hydroxyl groups excluding tert-OH is 1. The summed E-state index contributed by atoms with van der Waals surface area (Å²) in [6.45, 7) is 0. The van der Waals surface area contributed by atoms with Gasteiger partial charge >= 0.3 is 0 Å². The van der Waals surface area contributed by atoms with Crippen LogP contribution >= 0.6 is 0 Å². The molecule has 1 N–H and O–H groups in total. The third-order valence-corrected chi connectivity index (χ3v) is 1.74. The topological polar surface area (TPSA) is 53.2 Å². The van der Waals surface area contributed by atoms with E-state index in [1.165, 1.54) is 0 Å². The second-order valence-corrected chi connectivity index (χ2v) is 2.70. The largest absolute Gasteiger partial charge is 0.497 e. The molecule has 3 heteroatoms. The fourth-order valence-corrected chi connectivity index (χ4v) is 1.03. The summed E-state index contributed by atoms with van der Waals surface area (Å²) in [5.41, 5.74) is 0.926. The molecule has 0 radical (unpaired) electrons. The molecule has 0 saturated carbocycles. The van der Waals surface area contributed by atoms with E-state index >= 15 is 0 Å². The lowest BCUT2D eigenvalue weighted by Crippen LogP contribution is -2.06. The Morgan fingerprint density at radius 1 is 1.46 bits per heavy atom. The van der Waals surface area contributed by atoms with Gasteiger partial charge in [0.25, 0.3) is 0 Å². The Morgan fingerprint density at radius 2 is 2.08 bits per heavy atom. The van der Waals surface area contributed by atoms with Crippen molar-refractivity contribution in [1.82, 2.24) is 0 Å².